The first kappa shape index (κ1) is 19.6. The van der Waals surface area contributed by atoms with E-state index in [-0.39, 0.29) is 41.0 Å². The summed E-state index contributed by atoms with van der Waals surface area (Å²) in [5, 5.41) is 5.85. The highest BCUT2D eigenvalue weighted by Gasteiger charge is 2.29. The van der Waals surface area contributed by atoms with Gasteiger partial charge in [0, 0.05) is 24.3 Å². The van der Waals surface area contributed by atoms with Gasteiger partial charge in [-0.1, -0.05) is 29.3 Å². The molecule has 2 aromatic rings. The fourth-order valence-electron chi connectivity index (χ4n) is 2.54. The van der Waals surface area contributed by atoms with Crippen molar-refractivity contribution in [1.82, 2.24) is 9.62 Å². The Labute approximate surface area is 166 Å². The zero-order valence-electron chi connectivity index (χ0n) is 13.9. The molecule has 2 amide bonds. The van der Waals surface area contributed by atoms with Gasteiger partial charge in [0.25, 0.3) is 5.91 Å². The Morgan fingerprint density at radius 1 is 1.11 bits per heavy atom. The summed E-state index contributed by atoms with van der Waals surface area (Å²) in [6.07, 6.45) is 0. The molecule has 2 aromatic carbocycles. The fraction of sp³-hybridized carbons (Fsp3) is 0.176. The summed E-state index contributed by atoms with van der Waals surface area (Å²) in [7, 11) is -3.88. The third-order valence-corrected chi connectivity index (χ3v) is 6.49. The molecule has 0 unspecified atom stereocenters. The molecule has 2 N–H and O–H groups in total. The van der Waals surface area contributed by atoms with E-state index in [1.807, 2.05) is 0 Å². The number of halogens is 2. The number of anilines is 1. The number of amides is 2. The SMILES string of the molecule is O=C1CN(S(=O)(=O)c2cccc(C(=O)Nc3ccc(Cl)c(Cl)c3)c2)CCN1. The number of carbonyl (C=O) groups is 2. The maximum atomic E-state index is 12.7. The van der Waals surface area contributed by atoms with E-state index in [1.54, 1.807) is 12.1 Å². The molecule has 1 aliphatic heterocycles. The predicted octanol–water partition coefficient (Wildman–Crippen LogP) is 2.37. The van der Waals surface area contributed by atoms with Gasteiger partial charge in [0.1, 0.15) is 0 Å². The summed E-state index contributed by atoms with van der Waals surface area (Å²) < 4.78 is 26.5. The van der Waals surface area contributed by atoms with Gasteiger partial charge < -0.3 is 10.6 Å². The third-order valence-electron chi connectivity index (χ3n) is 3.91. The van der Waals surface area contributed by atoms with Crippen molar-refractivity contribution in [2.75, 3.05) is 25.0 Å². The smallest absolute Gasteiger partial charge is 0.255 e. The van der Waals surface area contributed by atoms with Crippen molar-refractivity contribution in [3.8, 4) is 0 Å². The van der Waals surface area contributed by atoms with Gasteiger partial charge >= 0.3 is 0 Å². The van der Waals surface area contributed by atoms with Gasteiger partial charge in [0.05, 0.1) is 21.5 Å². The van der Waals surface area contributed by atoms with Crippen molar-refractivity contribution in [3.63, 3.8) is 0 Å². The van der Waals surface area contributed by atoms with Crippen molar-refractivity contribution < 1.29 is 18.0 Å². The molecule has 7 nitrogen and oxygen atoms in total. The molecule has 1 fully saturated rings. The van der Waals surface area contributed by atoms with E-state index in [2.05, 4.69) is 10.6 Å². The molecule has 1 heterocycles. The zero-order chi connectivity index (χ0) is 19.6. The Bertz CT molecular complexity index is 1010. The summed E-state index contributed by atoms with van der Waals surface area (Å²) in [4.78, 5) is 23.9. The molecule has 0 atom stereocenters. The van der Waals surface area contributed by atoms with Crippen LogP contribution in [0.2, 0.25) is 10.0 Å². The molecule has 142 valence electrons. The van der Waals surface area contributed by atoms with Crippen molar-refractivity contribution in [2.45, 2.75) is 4.90 Å². The van der Waals surface area contributed by atoms with E-state index in [0.29, 0.717) is 10.7 Å². The van der Waals surface area contributed by atoms with Crippen LogP contribution in [0.25, 0.3) is 0 Å². The predicted molar refractivity (Wildman–Crippen MR) is 103 cm³/mol. The standard InChI is InChI=1S/C17H15Cl2N3O4S/c18-14-5-4-12(9-15(14)19)21-17(24)11-2-1-3-13(8-11)27(25,26)22-7-6-20-16(23)10-22/h1-5,8-9H,6-7,10H2,(H,20,23)(H,21,24). The lowest BCUT2D eigenvalue weighted by Gasteiger charge is -2.26. The first-order valence-electron chi connectivity index (χ1n) is 7.91. The van der Waals surface area contributed by atoms with Crippen molar-refractivity contribution in [2.24, 2.45) is 0 Å². The van der Waals surface area contributed by atoms with Crippen molar-refractivity contribution in [1.29, 1.82) is 0 Å². The van der Waals surface area contributed by atoms with Gasteiger partial charge in [-0.15, -0.1) is 0 Å². The van der Waals surface area contributed by atoms with Crippen LogP contribution in [0.1, 0.15) is 10.4 Å². The molecular weight excluding hydrogens is 413 g/mol. The van der Waals surface area contributed by atoms with Crippen LogP contribution in [-0.4, -0.2) is 44.2 Å². The van der Waals surface area contributed by atoms with Crippen LogP contribution in [0, 0.1) is 0 Å². The van der Waals surface area contributed by atoms with E-state index < -0.39 is 15.9 Å². The summed E-state index contributed by atoms with van der Waals surface area (Å²) in [6, 6.07) is 10.2. The largest absolute Gasteiger partial charge is 0.354 e. The van der Waals surface area contributed by atoms with Gasteiger partial charge in [-0.3, -0.25) is 9.59 Å². The number of hydrogen-bond donors (Lipinski definition) is 2. The lowest BCUT2D eigenvalue weighted by molar-refractivity contribution is -0.122. The second-order valence-electron chi connectivity index (χ2n) is 5.80. The van der Waals surface area contributed by atoms with Crippen molar-refractivity contribution >= 4 is 50.7 Å². The molecule has 1 aliphatic rings. The van der Waals surface area contributed by atoms with Gasteiger partial charge in [-0.25, -0.2) is 8.42 Å². The quantitative estimate of drug-likeness (QED) is 0.782. The molecule has 0 bridgehead atoms. The van der Waals surface area contributed by atoms with Gasteiger partial charge in [-0.05, 0) is 36.4 Å². The van der Waals surface area contributed by atoms with Crippen LogP contribution in [0.3, 0.4) is 0 Å². The second-order valence-corrected chi connectivity index (χ2v) is 8.55. The lowest BCUT2D eigenvalue weighted by Crippen LogP contribution is -2.49. The monoisotopic (exact) mass is 427 g/mol. The summed E-state index contributed by atoms with van der Waals surface area (Å²) in [5.74, 6) is -0.861. The number of carbonyl (C=O) groups excluding carboxylic acids is 2. The van der Waals surface area contributed by atoms with Crippen LogP contribution in [0.15, 0.2) is 47.4 Å². The number of nitrogens with zero attached hydrogens (tertiary/aromatic N) is 1. The Morgan fingerprint density at radius 3 is 2.59 bits per heavy atom. The Hall–Kier alpha value is -2.13. The Kier molecular flexibility index (Phi) is 5.71. The maximum Gasteiger partial charge on any atom is 0.255 e. The van der Waals surface area contributed by atoms with E-state index >= 15 is 0 Å². The minimum Gasteiger partial charge on any atom is -0.354 e. The first-order valence-corrected chi connectivity index (χ1v) is 10.1. The van der Waals surface area contributed by atoms with Gasteiger partial charge in [0.2, 0.25) is 15.9 Å². The summed E-state index contributed by atoms with van der Waals surface area (Å²) >= 11 is 11.8. The second kappa shape index (κ2) is 7.85. The Morgan fingerprint density at radius 2 is 1.89 bits per heavy atom. The average molecular weight is 428 g/mol. The number of nitrogens with one attached hydrogen (secondary N) is 2. The zero-order valence-corrected chi connectivity index (χ0v) is 16.2. The van der Waals surface area contributed by atoms with E-state index in [1.165, 1.54) is 30.3 Å². The molecule has 0 spiro atoms. The van der Waals surface area contributed by atoms with Crippen LogP contribution >= 0.6 is 23.2 Å². The van der Waals surface area contributed by atoms with Crippen LogP contribution < -0.4 is 10.6 Å². The molecule has 0 aromatic heterocycles. The minimum atomic E-state index is -3.88. The molecular formula is C17H15Cl2N3O4S. The van der Waals surface area contributed by atoms with Crippen LogP contribution in [0.4, 0.5) is 5.69 Å². The Balaban J connectivity index is 1.83. The molecule has 1 saturated heterocycles. The maximum absolute atomic E-state index is 12.7. The van der Waals surface area contributed by atoms with E-state index in [9.17, 15) is 18.0 Å². The molecule has 27 heavy (non-hydrogen) atoms. The van der Waals surface area contributed by atoms with Crippen LogP contribution in [-0.2, 0) is 14.8 Å². The number of hydrogen-bond acceptors (Lipinski definition) is 4. The van der Waals surface area contributed by atoms with E-state index in [4.69, 9.17) is 23.2 Å². The topological polar surface area (TPSA) is 95.6 Å². The number of benzene rings is 2. The molecule has 0 saturated carbocycles. The molecule has 3 rings (SSSR count). The van der Waals surface area contributed by atoms with Crippen molar-refractivity contribution in [3.05, 3.63) is 58.1 Å². The minimum absolute atomic E-state index is 0.0565. The number of piperazine rings is 1. The highest BCUT2D eigenvalue weighted by Crippen LogP contribution is 2.25. The van der Waals surface area contributed by atoms with Gasteiger partial charge in [-0.2, -0.15) is 4.31 Å². The fourth-order valence-corrected chi connectivity index (χ4v) is 4.29. The summed E-state index contributed by atoms with van der Waals surface area (Å²) in [6.45, 7) is 0.172. The first-order chi connectivity index (χ1) is 12.8. The molecule has 0 radical (unpaired) electrons. The highest BCUT2D eigenvalue weighted by molar-refractivity contribution is 7.89. The molecule has 0 aliphatic carbocycles. The highest BCUT2D eigenvalue weighted by atomic mass is 35.5. The lowest BCUT2D eigenvalue weighted by atomic mass is 10.2. The summed E-state index contributed by atoms with van der Waals surface area (Å²) in [5.41, 5.74) is 0.582. The van der Waals surface area contributed by atoms with Gasteiger partial charge in [0.15, 0.2) is 0 Å². The molecule has 10 heteroatoms. The van der Waals surface area contributed by atoms with Crippen LogP contribution in [0.5, 0.6) is 0 Å². The number of sulfonamides is 1. The average Bonchev–Trinajstić information content (AvgIpc) is 2.65. The van der Waals surface area contributed by atoms with E-state index in [0.717, 1.165) is 4.31 Å². The number of rotatable bonds is 4. The normalized spacial score (nSPS) is 15.3. The third kappa shape index (κ3) is 4.41.